The fourth-order valence-electron chi connectivity index (χ4n) is 9.73. The van der Waals surface area contributed by atoms with E-state index in [1.165, 1.54) is 116 Å². The van der Waals surface area contributed by atoms with E-state index in [2.05, 4.69) is 118 Å². The average molecular weight is 1210 g/mol. The summed E-state index contributed by atoms with van der Waals surface area (Å²) in [7, 11) is 8.90. The van der Waals surface area contributed by atoms with Crippen LogP contribution in [0, 0.1) is 11.8 Å². The fourth-order valence-corrected chi connectivity index (χ4v) is 9.73. The number of unbranched alkanes of at least 4 members (excludes halogenated alkanes) is 4. The number of hydrogen-bond acceptors (Lipinski definition) is 12. The van der Waals surface area contributed by atoms with E-state index in [1.54, 1.807) is 0 Å². The van der Waals surface area contributed by atoms with Crippen LogP contribution >= 0.6 is 99.3 Å². The summed E-state index contributed by atoms with van der Waals surface area (Å²) in [5.74, 6) is 4.57. The number of benzene rings is 2. The molecule has 0 aromatic heterocycles. The molecule has 0 N–H and O–H groups in total. The van der Waals surface area contributed by atoms with Crippen LogP contribution in [-0.2, 0) is 12.8 Å². The van der Waals surface area contributed by atoms with Crippen molar-refractivity contribution in [3.05, 3.63) is 47.5 Å². The second kappa shape index (κ2) is 44.4. The molecule has 438 valence electrons. The molecule has 4 heterocycles. The predicted molar refractivity (Wildman–Crippen MR) is 331 cm³/mol. The Morgan fingerprint density at radius 2 is 0.554 bits per heavy atom. The highest BCUT2D eigenvalue weighted by atomic mass is 35.5. The smallest absolute Gasteiger partial charge is 0.161 e. The predicted octanol–water partition coefficient (Wildman–Crippen LogP) is 9.74. The molecule has 2 aromatic carbocycles. The summed E-state index contributed by atoms with van der Waals surface area (Å²) in [5.41, 5.74) is 2.64. The molecule has 6 rings (SSSR count). The molecule has 12 nitrogen and oxygen atoms in total. The molecule has 0 spiro atoms. The summed E-state index contributed by atoms with van der Waals surface area (Å²) < 4.78 is 26.0. The molecule has 74 heavy (non-hydrogen) atoms. The second-order valence-corrected chi connectivity index (χ2v) is 20.7. The number of rotatable bonds is 29. The third-order valence-electron chi connectivity index (χ3n) is 15.0. The molecule has 0 aliphatic carbocycles. The van der Waals surface area contributed by atoms with Gasteiger partial charge in [-0.15, -0.1) is 99.3 Å². The van der Waals surface area contributed by atoms with E-state index in [9.17, 15) is 0 Å². The summed E-state index contributed by atoms with van der Waals surface area (Å²) in [6, 6.07) is 13.4. The fraction of sp³-hybridized carbons (Fsp3) is 0.778. The first-order valence-corrected chi connectivity index (χ1v) is 26.6. The Morgan fingerprint density at radius 1 is 0.324 bits per heavy atom. The average Bonchev–Trinajstić information content (AvgIpc) is 3.32. The standard InChI is InChI=1S/C54H94N8O4.8ClH/c1-47(43-49-15-17-51(63-39-11-7-19-59-31-23-55(3)24-32-59)53(45-49)65-41-13-9-21-61-35-27-57(5)28-36-61)48(2)44-50-16-18-52(64-40-12-8-20-60-33-25-56(4)26-34-60)54(46-50)66-42-14-10-22-62-37-29-58(6)30-38-62;;;;;;;;/h15-18,45-48H,7-14,19-44H2,1-6H3;8*1H/t47-,48+;;;;;;;;. The molecule has 0 radical (unpaired) electrons. The zero-order chi connectivity index (χ0) is 46.4. The Labute approximate surface area is 500 Å². The summed E-state index contributed by atoms with van der Waals surface area (Å²) >= 11 is 0. The van der Waals surface area contributed by atoms with Gasteiger partial charge in [-0.3, -0.25) is 0 Å². The molecule has 2 aromatic rings. The van der Waals surface area contributed by atoms with E-state index >= 15 is 0 Å². The van der Waals surface area contributed by atoms with Crippen molar-refractivity contribution in [2.24, 2.45) is 11.8 Å². The lowest BCUT2D eigenvalue weighted by molar-refractivity contribution is 0.148. The highest BCUT2D eigenvalue weighted by Crippen LogP contribution is 2.33. The third kappa shape index (κ3) is 29.7. The van der Waals surface area contributed by atoms with Crippen LogP contribution in [0.25, 0.3) is 0 Å². The van der Waals surface area contributed by atoms with Gasteiger partial charge < -0.3 is 58.1 Å². The minimum atomic E-state index is 0. The Bertz CT molecular complexity index is 1520. The lowest BCUT2D eigenvalue weighted by atomic mass is 9.85. The van der Waals surface area contributed by atoms with Gasteiger partial charge in [-0.2, -0.15) is 0 Å². The van der Waals surface area contributed by atoms with Gasteiger partial charge in [-0.05, 0) is 166 Å². The topological polar surface area (TPSA) is 62.8 Å². The number of ether oxygens (including phenoxy) is 4. The van der Waals surface area contributed by atoms with Crippen LogP contribution in [-0.4, -0.2) is 225 Å². The Balaban J connectivity index is -0.00000630. The van der Waals surface area contributed by atoms with E-state index < -0.39 is 0 Å². The maximum atomic E-state index is 6.57. The Morgan fingerprint density at radius 3 is 0.797 bits per heavy atom. The van der Waals surface area contributed by atoms with Gasteiger partial charge in [0, 0.05) is 105 Å². The van der Waals surface area contributed by atoms with Crippen molar-refractivity contribution in [2.75, 3.05) is 186 Å². The number of halogens is 8. The second-order valence-electron chi connectivity index (χ2n) is 20.7. The molecular formula is C54H102Cl8N8O4. The van der Waals surface area contributed by atoms with Crippen LogP contribution in [0.5, 0.6) is 23.0 Å². The molecule has 0 amide bonds. The summed E-state index contributed by atoms with van der Waals surface area (Å²) in [5, 5.41) is 0. The number of piperazine rings is 4. The Kier molecular flexibility index (Phi) is 46.7. The van der Waals surface area contributed by atoms with Gasteiger partial charge in [0.15, 0.2) is 23.0 Å². The number of nitrogens with zero attached hydrogens (tertiary/aromatic N) is 8. The first kappa shape index (κ1) is 77.9. The van der Waals surface area contributed by atoms with Crippen LogP contribution in [0.2, 0.25) is 0 Å². The van der Waals surface area contributed by atoms with Crippen LogP contribution < -0.4 is 18.9 Å². The normalized spacial score (nSPS) is 18.2. The largest absolute Gasteiger partial charge is 0.490 e. The lowest BCUT2D eigenvalue weighted by Crippen LogP contribution is -2.44. The molecule has 4 saturated heterocycles. The molecule has 0 bridgehead atoms. The van der Waals surface area contributed by atoms with E-state index in [0.717, 1.165) is 140 Å². The van der Waals surface area contributed by atoms with Gasteiger partial charge in [0.2, 0.25) is 0 Å². The SMILES string of the molecule is C[C@H](Cc1ccc(OCCCCN2CCN(C)CC2)c(OCCCCN2CCN(C)CC2)c1)[C@@H](C)Cc1ccc(OCCCCN2CCN(C)CC2)c(OCCCCN2CCN(C)CC2)c1.Cl.Cl.Cl.Cl.Cl.Cl.Cl.Cl. The van der Waals surface area contributed by atoms with Crippen LogP contribution in [0.15, 0.2) is 36.4 Å². The van der Waals surface area contributed by atoms with Gasteiger partial charge in [-0.1, -0.05) is 26.0 Å². The van der Waals surface area contributed by atoms with Gasteiger partial charge in [0.05, 0.1) is 26.4 Å². The van der Waals surface area contributed by atoms with Gasteiger partial charge in [0.1, 0.15) is 0 Å². The van der Waals surface area contributed by atoms with E-state index in [0.29, 0.717) is 11.8 Å². The molecule has 2 atom stereocenters. The third-order valence-corrected chi connectivity index (χ3v) is 15.0. The summed E-state index contributed by atoms with van der Waals surface area (Å²) in [6.45, 7) is 31.1. The molecule has 4 aliphatic heterocycles. The molecule has 4 fully saturated rings. The van der Waals surface area contributed by atoms with E-state index in [-0.39, 0.29) is 99.3 Å². The maximum absolute atomic E-state index is 6.57. The molecular weight excluding hydrogens is 1110 g/mol. The summed E-state index contributed by atoms with van der Waals surface area (Å²) in [6.07, 6.45) is 10.9. The van der Waals surface area contributed by atoms with Crippen LogP contribution in [0.4, 0.5) is 0 Å². The van der Waals surface area contributed by atoms with Gasteiger partial charge in [-0.25, -0.2) is 0 Å². The monoisotopic (exact) mass is 1210 g/mol. The maximum Gasteiger partial charge on any atom is 0.161 e. The number of hydrogen-bond donors (Lipinski definition) is 0. The summed E-state index contributed by atoms with van der Waals surface area (Å²) in [4.78, 5) is 20.1. The first-order valence-electron chi connectivity index (χ1n) is 26.6. The highest BCUT2D eigenvalue weighted by Gasteiger charge is 2.20. The molecule has 20 heteroatoms. The number of likely N-dealkylation sites (N-methyl/N-ethyl adjacent to an activating group) is 4. The van der Waals surface area contributed by atoms with Crippen molar-refractivity contribution in [1.29, 1.82) is 0 Å². The van der Waals surface area contributed by atoms with Crippen molar-refractivity contribution >= 4 is 99.3 Å². The molecule has 0 unspecified atom stereocenters. The van der Waals surface area contributed by atoms with Crippen LogP contribution in [0.3, 0.4) is 0 Å². The van der Waals surface area contributed by atoms with Crippen molar-refractivity contribution in [1.82, 2.24) is 39.2 Å². The quantitative estimate of drug-likeness (QED) is 0.0730. The van der Waals surface area contributed by atoms with E-state index in [1.807, 2.05) is 0 Å². The van der Waals surface area contributed by atoms with E-state index in [4.69, 9.17) is 18.9 Å². The van der Waals surface area contributed by atoms with Crippen molar-refractivity contribution in [3.8, 4) is 23.0 Å². The lowest BCUT2D eigenvalue weighted by Gasteiger charge is -2.32. The van der Waals surface area contributed by atoms with Gasteiger partial charge >= 0.3 is 0 Å². The zero-order valence-corrected chi connectivity index (χ0v) is 52.7. The minimum absolute atomic E-state index is 0. The van der Waals surface area contributed by atoms with Crippen LogP contribution in [0.1, 0.15) is 76.3 Å². The van der Waals surface area contributed by atoms with Crippen molar-refractivity contribution < 1.29 is 18.9 Å². The molecule has 4 aliphatic rings. The first-order chi connectivity index (χ1) is 32.2. The van der Waals surface area contributed by atoms with Crippen molar-refractivity contribution in [3.63, 3.8) is 0 Å². The van der Waals surface area contributed by atoms with Crippen molar-refractivity contribution in [2.45, 2.75) is 78.1 Å². The minimum Gasteiger partial charge on any atom is -0.490 e. The van der Waals surface area contributed by atoms with Gasteiger partial charge in [0.25, 0.3) is 0 Å². The Hall–Kier alpha value is -0.360. The highest BCUT2D eigenvalue weighted by molar-refractivity contribution is 5.86. The zero-order valence-electron chi connectivity index (χ0n) is 46.1. The molecule has 0 saturated carbocycles.